The van der Waals surface area contributed by atoms with Gasteiger partial charge in [0.05, 0.1) is 11.4 Å². The first kappa shape index (κ1) is 18.6. The van der Waals surface area contributed by atoms with Crippen molar-refractivity contribution < 1.29 is 9.18 Å². The maximum atomic E-state index is 13.2. The first-order valence-electron chi connectivity index (χ1n) is 9.23. The van der Waals surface area contributed by atoms with Crippen LogP contribution >= 0.6 is 11.6 Å². The van der Waals surface area contributed by atoms with Gasteiger partial charge in [-0.25, -0.2) is 4.39 Å². The van der Waals surface area contributed by atoms with Gasteiger partial charge in [0.25, 0.3) is 5.91 Å². The number of carbonyl (C=O) groups excluding carboxylic acids is 1. The molecule has 0 spiro atoms. The molecule has 2 heterocycles. The number of amides is 1. The Kier molecular flexibility index (Phi) is 5.35. The largest absolute Gasteiger partial charge is 0.338 e. The lowest BCUT2D eigenvalue weighted by atomic mass is 9.91. The van der Waals surface area contributed by atoms with E-state index in [0.29, 0.717) is 23.7 Å². The van der Waals surface area contributed by atoms with Gasteiger partial charge in [0.1, 0.15) is 5.82 Å². The molecular formula is C22H19ClFN3O. The van der Waals surface area contributed by atoms with Crippen molar-refractivity contribution in [1.29, 1.82) is 0 Å². The highest BCUT2D eigenvalue weighted by molar-refractivity contribution is 6.30. The highest BCUT2D eigenvalue weighted by Crippen LogP contribution is 2.33. The van der Waals surface area contributed by atoms with E-state index in [1.165, 1.54) is 24.3 Å². The van der Waals surface area contributed by atoms with Crippen LogP contribution in [0.4, 0.5) is 4.39 Å². The van der Waals surface area contributed by atoms with Gasteiger partial charge in [-0.1, -0.05) is 23.7 Å². The lowest BCUT2D eigenvalue weighted by Crippen LogP contribution is -2.39. The SMILES string of the molecule is O=C(c1ccc(F)cc1)N1CCCC(c2nccnc2-c2cccc(Cl)c2)C1. The summed E-state index contributed by atoms with van der Waals surface area (Å²) in [6.45, 7) is 1.24. The van der Waals surface area contributed by atoms with Gasteiger partial charge in [0.15, 0.2) is 0 Å². The summed E-state index contributed by atoms with van der Waals surface area (Å²) < 4.78 is 13.2. The molecule has 0 radical (unpaired) electrons. The lowest BCUT2D eigenvalue weighted by Gasteiger charge is -2.33. The van der Waals surface area contributed by atoms with Crippen molar-refractivity contribution in [2.75, 3.05) is 13.1 Å². The van der Waals surface area contributed by atoms with E-state index in [9.17, 15) is 9.18 Å². The quantitative estimate of drug-likeness (QED) is 0.630. The Morgan fingerprint density at radius 2 is 1.89 bits per heavy atom. The molecule has 1 saturated heterocycles. The Hall–Kier alpha value is -2.79. The Bertz CT molecular complexity index is 993. The number of benzene rings is 2. The van der Waals surface area contributed by atoms with Gasteiger partial charge >= 0.3 is 0 Å². The second kappa shape index (κ2) is 8.07. The molecule has 6 heteroatoms. The molecule has 142 valence electrons. The van der Waals surface area contributed by atoms with Crippen molar-refractivity contribution in [1.82, 2.24) is 14.9 Å². The van der Waals surface area contributed by atoms with E-state index in [-0.39, 0.29) is 17.6 Å². The average molecular weight is 396 g/mol. The predicted molar refractivity (Wildman–Crippen MR) is 107 cm³/mol. The molecule has 4 nitrogen and oxygen atoms in total. The van der Waals surface area contributed by atoms with E-state index in [1.807, 2.05) is 29.2 Å². The van der Waals surface area contributed by atoms with E-state index >= 15 is 0 Å². The highest BCUT2D eigenvalue weighted by Gasteiger charge is 2.28. The van der Waals surface area contributed by atoms with Crippen LogP contribution in [0.5, 0.6) is 0 Å². The minimum atomic E-state index is -0.348. The van der Waals surface area contributed by atoms with Crippen LogP contribution in [0.15, 0.2) is 60.9 Å². The van der Waals surface area contributed by atoms with Gasteiger partial charge < -0.3 is 4.90 Å². The Morgan fingerprint density at radius 1 is 1.11 bits per heavy atom. The molecule has 28 heavy (non-hydrogen) atoms. The van der Waals surface area contributed by atoms with Crippen molar-refractivity contribution in [3.05, 3.63) is 83.0 Å². The zero-order valence-corrected chi connectivity index (χ0v) is 15.9. The molecule has 1 atom stereocenters. The summed E-state index contributed by atoms with van der Waals surface area (Å²) >= 11 is 6.15. The fourth-order valence-electron chi connectivity index (χ4n) is 3.67. The van der Waals surface area contributed by atoms with Crippen molar-refractivity contribution in [3.8, 4) is 11.3 Å². The third kappa shape index (κ3) is 3.90. The Morgan fingerprint density at radius 3 is 2.68 bits per heavy atom. The fourth-order valence-corrected chi connectivity index (χ4v) is 3.86. The maximum absolute atomic E-state index is 13.2. The molecule has 1 aliphatic heterocycles. The van der Waals surface area contributed by atoms with Crippen LogP contribution in [0.2, 0.25) is 5.02 Å². The van der Waals surface area contributed by atoms with E-state index in [1.54, 1.807) is 12.4 Å². The number of rotatable bonds is 3. The predicted octanol–water partition coefficient (Wildman–Crippen LogP) is 4.96. The van der Waals surface area contributed by atoms with E-state index in [4.69, 9.17) is 11.6 Å². The molecule has 2 aromatic carbocycles. The van der Waals surface area contributed by atoms with E-state index in [0.717, 1.165) is 29.8 Å². The lowest BCUT2D eigenvalue weighted by molar-refractivity contribution is 0.0706. The van der Waals surface area contributed by atoms with Gasteiger partial charge in [0, 0.05) is 47.6 Å². The molecule has 3 aromatic rings. The topological polar surface area (TPSA) is 46.1 Å². The third-order valence-corrected chi connectivity index (χ3v) is 5.25. The fraction of sp³-hybridized carbons (Fsp3) is 0.227. The maximum Gasteiger partial charge on any atom is 0.253 e. The van der Waals surface area contributed by atoms with Crippen molar-refractivity contribution in [3.63, 3.8) is 0 Å². The summed E-state index contributed by atoms with van der Waals surface area (Å²) in [4.78, 5) is 23.8. The first-order valence-corrected chi connectivity index (χ1v) is 9.61. The molecular weight excluding hydrogens is 377 g/mol. The zero-order chi connectivity index (χ0) is 19.5. The van der Waals surface area contributed by atoms with E-state index < -0.39 is 0 Å². The highest BCUT2D eigenvalue weighted by atomic mass is 35.5. The summed E-state index contributed by atoms with van der Waals surface area (Å²) in [5.74, 6) is -0.350. The summed E-state index contributed by atoms with van der Waals surface area (Å²) in [6.07, 6.45) is 5.16. The summed E-state index contributed by atoms with van der Waals surface area (Å²) in [7, 11) is 0. The van der Waals surface area contributed by atoms with Crippen LogP contribution in [0.3, 0.4) is 0 Å². The Labute approximate surface area is 168 Å². The van der Waals surface area contributed by atoms with Crippen molar-refractivity contribution in [2.45, 2.75) is 18.8 Å². The number of likely N-dealkylation sites (tertiary alicyclic amines) is 1. The molecule has 1 fully saturated rings. The Balaban J connectivity index is 1.60. The number of hydrogen-bond acceptors (Lipinski definition) is 3. The third-order valence-electron chi connectivity index (χ3n) is 5.01. The second-order valence-corrected chi connectivity index (χ2v) is 7.33. The van der Waals surface area contributed by atoms with E-state index in [2.05, 4.69) is 9.97 Å². The summed E-state index contributed by atoms with van der Waals surface area (Å²) in [5.41, 5.74) is 3.08. The molecule has 1 aliphatic rings. The molecule has 4 rings (SSSR count). The molecule has 1 amide bonds. The molecule has 1 unspecified atom stereocenters. The number of aromatic nitrogens is 2. The van der Waals surface area contributed by atoms with Crippen LogP contribution in [-0.4, -0.2) is 33.9 Å². The molecule has 0 saturated carbocycles. The van der Waals surface area contributed by atoms with Crippen LogP contribution < -0.4 is 0 Å². The number of nitrogens with zero attached hydrogens (tertiary/aromatic N) is 3. The number of halogens is 2. The van der Waals surface area contributed by atoms with Gasteiger partial charge in [-0.2, -0.15) is 0 Å². The zero-order valence-electron chi connectivity index (χ0n) is 15.2. The average Bonchev–Trinajstić information content (AvgIpc) is 2.74. The van der Waals surface area contributed by atoms with Crippen LogP contribution in [0.25, 0.3) is 11.3 Å². The molecule has 0 bridgehead atoms. The normalized spacial score (nSPS) is 16.8. The minimum absolute atomic E-state index is 0.0841. The molecule has 0 aliphatic carbocycles. The number of carbonyl (C=O) groups is 1. The summed E-state index contributed by atoms with van der Waals surface area (Å²) in [6, 6.07) is 13.2. The second-order valence-electron chi connectivity index (χ2n) is 6.90. The molecule has 0 N–H and O–H groups in total. The van der Waals surface area contributed by atoms with Gasteiger partial charge in [-0.05, 0) is 49.2 Å². The first-order chi connectivity index (χ1) is 13.6. The molecule has 1 aromatic heterocycles. The van der Waals surface area contributed by atoms with Gasteiger partial charge in [-0.15, -0.1) is 0 Å². The van der Waals surface area contributed by atoms with Crippen molar-refractivity contribution >= 4 is 17.5 Å². The van der Waals surface area contributed by atoms with Crippen LogP contribution in [-0.2, 0) is 0 Å². The minimum Gasteiger partial charge on any atom is -0.338 e. The monoisotopic (exact) mass is 395 g/mol. The van der Waals surface area contributed by atoms with Crippen LogP contribution in [0, 0.1) is 5.82 Å². The van der Waals surface area contributed by atoms with Crippen molar-refractivity contribution in [2.24, 2.45) is 0 Å². The smallest absolute Gasteiger partial charge is 0.253 e. The standard InChI is InChI=1S/C22H19ClFN3O/c23-18-5-1-3-16(13-18)20-21(26-11-10-25-20)17-4-2-12-27(14-17)22(28)15-6-8-19(24)9-7-15/h1,3,5-11,13,17H,2,4,12,14H2. The van der Waals surface area contributed by atoms with Gasteiger partial charge in [-0.3, -0.25) is 14.8 Å². The van der Waals surface area contributed by atoms with Crippen LogP contribution in [0.1, 0.15) is 34.8 Å². The number of piperidine rings is 1. The number of hydrogen-bond donors (Lipinski definition) is 0. The summed E-state index contributed by atoms with van der Waals surface area (Å²) in [5, 5.41) is 0.644. The van der Waals surface area contributed by atoms with Gasteiger partial charge in [0.2, 0.25) is 0 Å².